The van der Waals surface area contributed by atoms with E-state index < -0.39 is 68.5 Å². The molecule has 0 aliphatic carbocycles. The van der Waals surface area contributed by atoms with Crippen LogP contribution in [0.25, 0.3) is 43.9 Å². The van der Waals surface area contributed by atoms with Gasteiger partial charge in [0.15, 0.2) is 34.4 Å². The Balaban J connectivity index is 1.83. The molecule has 2 aromatic heterocycles. The predicted octanol–water partition coefficient (Wildman–Crippen LogP) is 12.4. The van der Waals surface area contributed by atoms with Crippen molar-refractivity contribution in [3.8, 4) is 0 Å². The average Bonchev–Trinajstić information content (AvgIpc) is 3.61. The minimum Gasteiger partial charge on any atom is -0.452 e. The molecule has 0 bridgehead atoms. The number of aryl methyl sites for hydroxylation is 2. The lowest BCUT2D eigenvalue weighted by molar-refractivity contribution is 0.411. The van der Waals surface area contributed by atoms with Gasteiger partial charge in [-0.2, -0.15) is 8.78 Å². The van der Waals surface area contributed by atoms with Crippen molar-refractivity contribution in [3.05, 3.63) is 57.7 Å². The van der Waals surface area contributed by atoms with Gasteiger partial charge in [0, 0.05) is 21.9 Å². The molecule has 0 saturated carbocycles. The maximum Gasteiger partial charge on any atom is 0.205 e. The second-order valence-corrected chi connectivity index (χ2v) is 11.5. The van der Waals surface area contributed by atoms with E-state index in [1.807, 2.05) is 0 Å². The molecule has 3 aromatic carbocycles. The third kappa shape index (κ3) is 5.42. The summed E-state index contributed by atoms with van der Waals surface area (Å²) < 4.78 is 130. The highest BCUT2D eigenvalue weighted by molar-refractivity contribution is 6.19. The van der Waals surface area contributed by atoms with E-state index in [9.17, 15) is 17.6 Å². The van der Waals surface area contributed by atoms with Crippen LogP contribution >= 0.6 is 0 Å². The zero-order chi connectivity index (χ0) is 31.7. The van der Waals surface area contributed by atoms with Crippen LogP contribution in [0.5, 0.6) is 0 Å². The van der Waals surface area contributed by atoms with Crippen molar-refractivity contribution in [2.45, 2.75) is 104 Å². The van der Waals surface area contributed by atoms with Crippen molar-refractivity contribution in [2.24, 2.45) is 0 Å². The summed E-state index contributed by atoms with van der Waals surface area (Å²) in [6.45, 7) is 4.12. The third-order valence-electron chi connectivity index (χ3n) is 8.52. The normalized spacial score (nSPS) is 12.2. The molecule has 0 spiro atoms. The van der Waals surface area contributed by atoms with E-state index in [2.05, 4.69) is 13.8 Å². The maximum atomic E-state index is 15.4. The second kappa shape index (κ2) is 13.4. The summed E-state index contributed by atoms with van der Waals surface area (Å²) in [5.41, 5.74) is -1.89. The van der Waals surface area contributed by atoms with E-state index in [1.165, 1.54) is 0 Å². The molecule has 2 nitrogen and oxygen atoms in total. The Labute approximate surface area is 249 Å². The topological polar surface area (TPSA) is 26.3 Å². The fourth-order valence-electron chi connectivity index (χ4n) is 6.26. The van der Waals surface area contributed by atoms with E-state index >= 15 is 17.6 Å². The summed E-state index contributed by atoms with van der Waals surface area (Å²) in [6.07, 6.45) is 10.2. The largest absolute Gasteiger partial charge is 0.452 e. The van der Waals surface area contributed by atoms with Crippen molar-refractivity contribution in [3.63, 3.8) is 0 Å². The average molecular weight is 627 g/mol. The summed E-state index contributed by atoms with van der Waals surface area (Å²) in [4.78, 5) is 0. The van der Waals surface area contributed by atoms with Crippen molar-refractivity contribution >= 4 is 43.9 Å². The Kier molecular flexibility index (Phi) is 9.75. The molecule has 0 atom stereocenters. The molecule has 0 unspecified atom stereocenters. The number of hydrogen-bond acceptors (Lipinski definition) is 2. The summed E-state index contributed by atoms with van der Waals surface area (Å²) in [5.74, 6) is -15.0. The summed E-state index contributed by atoms with van der Waals surface area (Å²) in [6, 6.07) is 0. The minimum absolute atomic E-state index is 0.0964. The zero-order valence-electron chi connectivity index (χ0n) is 24.7. The quantitative estimate of drug-likeness (QED) is 0.0531. The van der Waals surface area contributed by atoms with Crippen LogP contribution in [-0.2, 0) is 12.8 Å². The van der Waals surface area contributed by atoms with Gasteiger partial charge in [0.05, 0.1) is 10.8 Å². The van der Waals surface area contributed by atoms with Crippen LogP contribution in [0.3, 0.4) is 0 Å². The minimum atomic E-state index is -2.05. The van der Waals surface area contributed by atoms with E-state index in [0.717, 1.165) is 51.4 Å². The standard InChI is InChI=1S/C34H34F8O2/c1-3-5-7-9-11-13-15-17-19-21-23(35)25(37)27(39)29(41)33(21)44-32(19)18(16-14-12-10-8-6-4-2)20-22-24(36)26(38)28(40)30(42)34(22)43-31(17)20/h3-16H2,1-2H3. The lowest BCUT2D eigenvalue weighted by Gasteiger charge is -2.11. The molecular weight excluding hydrogens is 592 g/mol. The van der Waals surface area contributed by atoms with E-state index in [-0.39, 0.29) is 45.9 Å². The van der Waals surface area contributed by atoms with E-state index in [1.54, 1.807) is 0 Å². The molecule has 2 heterocycles. The van der Waals surface area contributed by atoms with Gasteiger partial charge < -0.3 is 8.83 Å². The highest BCUT2D eigenvalue weighted by atomic mass is 19.2. The molecule has 0 fully saturated rings. The summed E-state index contributed by atoms with van der Waals surface area (Å²) in [5, 5.41) is -1.55. The van der Waals surface area contributed by atoms with Gasteiger partial charge in [-0.1, -0.05) is 78.1 Å². The predicted molar refractivity (Wildman–Crippen MR) is 155 cm³/mol. The number of hydrogen-bond donors (Lipinski definition) is 0. The SMILES string of the molecule is CCCCCCCCc1c2oc3c(F)c(F)c(F)c(F)c3c2c(CCCCCCCC)c2oc3c(F)c(F)c(F)c(F)c3c12. The van der Waals surface area contributed by atoms with Crippen LogP contribution in [0.1, 0.15) is 102 Å². The highest BCUT2D eigenvalue weighted by Gasteiger charge is 2.33. The van der Waals surface area contributed by atoms with Gasteiger partial charge in [-0.15, -0.1) is 0 Å². The number of unbranched alkanes of at least 4 members (excludes halogenated alkanes) is 10. The molecule has 5 rings (SSSR count). The molecule has 0 radical (unpaired) electrons. The van der Waals surface area contributed by atoms with Crippen LogP contribution in [0.2, 0.25) is 0 Å². The fraction of sp³-hybridized carbons (Fsp3) is 0.471. The van der Waals surface area contributed by atoms with Gasteiger partial charge in [0.2, 0.25) is 23.3 Å². The first-order chi connectivity index (χ1) is 21.1. The number of rotatable bonds is 14. The molecule has 238 valence electrons. The lowest BCUT2D eigenvalue weighted by Crippen LogP contribution is -1.99. The monoisotopic (exact) mass is 626 g/mol. The van der Waals surface area contributed by atoms with Crippen LogP contribution in [0.4, 0.5) is 35.1 Å². The van der Waals surface area contributed by atoms with Crippen LogP contribution < -0.4 is 0 Å². The molecular formula is C34H34F8O2. The molecule has 0 saturated heterocycles. The van der Waals surface area contributed by atoms with Gasteiger partial charge in [0.1, 0.15) is 11.2 Å². The molecule has 5 aromatic rings. The van der Waals surface area contributed by atoms with E-state index in [0.29, 0.717) is 25.7 Å². The van der Waals surface area contributed by atoms with Gasteiger partial charge >= 0.3 is 0 Å². The van der Waals surface area contributed by atoms with Gasteiger partial charge in [0.25, 0.3) is 0 Å². The first-order valence-electron chi connectivity index (χ1n) is 15.4. The highest BCUT2D eigenvalue weighted by Crippen LogP contribution is 2.47. The molecule has 0 aliphatic heterocycles. The number of furan rings is 2. The van der Waals surface area contributed by atoms with Gasteiger partial charge in [-0.05, 0) is 25.7 Å². The number of fused-ring (bicyclic) bond motifs is 6. The van der Waals surface area contributed by atoms with Crippen molar-refractivity contribution in [1.29, 1.82) is 0 Å². The van der Waals surface area contributed by atoms with Crippen LogP contribution in [0, 0.1) is 46.5 Å². The number of benzene rings is 3. The molecule has 0 N–H and O–H groups in total. The second-order valence-electron chi connectivity index (χ2n) is 11.5. The van der Waals surface area contributed by atoms with Gasteiger partial charge in [-0.3, -0.25) is 0 Å². The first kappa shape index (κ1) is 32.1. The summed E-state index contributed by atoms with van der Waals surface area (Å²) >= 11 is 0. The molecule has 0 amide bonds. The Morgan fingerprint density at radius 2 is 0.659 bits per heavy atom. The van der Waals surface area contributed by atoms with Crippen molar-refractivity contribution in [1.82, 2.24) is 0 Å². The van der Waals surface area contributed by atoms with E-state index in [4.69, 9.17) is 8.83 Å². The summed E-state index contributed by atoms with van der Waals surface area (Å²) in [7, 11) is 0. The lowest BCUT2D eigenvalue weighted by atomic mass is 9.91. The van der Waals surface area contributed by atoms with Crippen molar-refractivity contribution < 1.29 is 44.0 Å². The Bertz CT molecular complexity index is 1700. The third-order valence-corrected chi connectivity index (χ3v) is 8.52. The Morgan fingerprint density at radius 1 is 0.341 bits per heavy atom. The first-order valence-corrected chi connectivity index (χ1v) is 15.4. The van der Waals surface area contributed by atoms with Crippen LogP contribution in [-0.4, -0.2) is 0 Å². The molecule has 44 heavy (non-hydrogen) atoms. The smallest absolute Gasteiger partial charge is 0.205 e. The Hall–Kier alpha value is -3.30. The number of halogens is 8. The molecule has 0 aliphatic rings. The molecule has 10 heteroatoms. The maximum absolute atomic E-state index is 15.4. The fourth-order valence-corrected chi connectivity index (χ4v) is 6.26. The Morgan fingerprint density at radius 3 is 1.02 bits per heavy atom. The van der Waals surface area contributed by atoms with Crippen LogP contribution in [0.15, 0.2) is 8.83 Å². The van der Waals surface area contributed by atoms with Gasteiger partial charge in [-0.25, -0.2) is 26.3 Å². The zero-order valence-corrected chi connectivity index (χ0v) is 24.7. The van der Waals surface area contributed by atoms with Crippen molar-refractivity contribution in [2.75, 3.05) is 0 Å².